The van der Waals surface area contributed by atoms with E-state index in [9.17, 15) is 25.5 Å². The van der Waals surface area contributed by atoms with E-state index in [1.165, 1.54) is 20.3 Å². The third kappa shape index (κ3) is 5.25. The molecule has 1 fully saturated rings. The Morgan fingerprint density at radius 3 is 2.57 bits per heavy atom. The lowest BCUT2D eigenvalue weighted by Gasteiger charge is -2.53. The van der Waals surface area contributed by atoms with Gasteiger partial charge < -0.3 is 44.5 Å². The van der Waals surface area contributed by atoms with Crippen molar-refractivity contribution in [2.45, 2.75) is 74.2 Å². The summed E-state index contributed by atoms with van der Waals surface area (Å²) in [6.45, 7) is 2.22. The van der Waals surface area contributed by atoms with Crippen molar-refractivity contribution in [1.82, 2.24) is 0 Å². The third-order valence-corrected chi connectivity index (χ3v) is 13.5. The van der Waals surface area contributed by atoms with E-state index in [0.29, 0.717) is 36.7 Å². The van der Waals surface area contributed by atoms with Crippen LogP contribution < -0.4 is 18.9 Å². The van der Waals surface area contributed by atoms with Crippen molar-refractivity contribution < 1.29 is 44.5 Å². The fraction of sp³-hybridized carbons (Fsp3) is 0.500. The summed E-state index contributed by atoms with van der Waals surface area (Å²) in [6, 6.07) is 8.93. The summed E-state index contributed by atoms with van der Waals surface area (Å²) >= 11 is 0. The molecule has 1 saturated carbocycles. The zero-order valence-corrected chi connectivity index (χ0v) is 28.5. The Morgan fingerprint density at radius 1 is 0.979 bits per heavy atom. The first-order valence-corrected chi connectivity index (χ1v) is 18.7. The second-order valence-corrected chi connectivity index (χ2v) is 15.9. The molecule has 47 heavy (non-hydrogen) atoms. The van der Waals surface area contributed by atoms with Crippen molar-refractivity contribution in [2.75, 3.05) is 33.2 Å². The summed E-state index contributed by atoms with van der Waals surface area (Å²) in [5, 5.41) is 55.3. The molecule has 252 valence electrons. The summed E-state index contributed by atoms with van der Waals surface area (Å²) in [5.41, 5.74) is 3.89. The van der Waals surface area contributed by atoms with E-state index in [-0.39, 0.29) is 64.6 Å². The molecular formula is C36H42O9S2. The Balaban J connectivity index is 1.50. The van der Waals surface area contributed by atoms with E-state index >= 15 is 0 Å². The highest BCUT2D eigenvalue weighted by Crippen LogP contribution is 2.64. The first-order valence-electron chi connectivity index (χ1n) is 16.3. The number of aromatic hydroxyl groups is 3. The van der Waals surface area contributed by atoms with E-state index in [2.05, 4.69) is 6.92 Å². The summed E-state index contributed by atoms with van der Waals surface area (Å²) < 4.78 is 24.1. The molecule has 11 heteroatoms. The number of ether oxygens (including phenoxy) is 4. The summed E-state index contributed by atoms with van der Waals surface area (Å²) in [5.74, 6) is 1.99. The molecule has 3 aromatic carbocycles. The summed E-state index contributed by atoms with van der Waals surface area (Å²) in [4.78, 5) is 0. The molecule has 7 rings (SSSR count). The molecule has 3 aromatic rings. The van der Waals surface area contributed by atoms with Gasteiger partial charge >= 0.3 is 0 Å². The number of phenols is 3. The number of hydrogen-bond acceptors (Lipinski definition) is 11. The molecule has 5 N–H and O–H groups in total. The van der Waals surface area contributed by atoms with Gasteiger partial charge in [0.2, 0.25) is 11.5 Å². The number of aliphatic hydroxyl groups is 2. The van der Waals surface area contributed by atoms with Crippen LogP contribution in [0.1, 0.15) is 73.1 Å². The summed E-state index contributed by atoms with van der Waals surface area (Å²) in [6.07, 6.45) is 3.85. The number of hydrogen-bond donors (Lipinski definition) is 5. The lowest BCUT2D eigenvalue weighted by Crippen LogP contribution is -2.56. The highest BCUT2D eigenvalue weighted by atomic mass is 33.1. The minimum absolute atomic E-state index is 0.0536. The van der Waals surface area contributed by atoms with E-state index in [1.54, 1.807) is 6.07 Å². The van der Waals surface area contributed by atoms with Gasteiger partial charge in [0.15, 0.2) is 17.1 Å². The van der Waals surface area contributed by atoms with E-state index < -0.39 is 11.7 Å². The molecule has 0 unspecified atom stereocenters. The van der Waals surface area contributed by atoms with Gasteiger partial charge in [-0.05, 0) is 78.8 Å². The smallest absolute Gasteiger partial charge is 0.207 e. The van der Waals surface area contributed by atoms with Crippen LogP contribution in [0.25, 0.3) is 11.1 Å². The largest absolute Gasteiger partial charge is 0.508 e. The average Bonchev–Trinajstić information content (AvgIpc) is 3.06. The zero-order chi connectivity index (χ0) is 33.0. The SMILES string of the molecule is COc1cc([C@@]23CC[C@@H]4SSCC[C@@H](C)CC[C@H]5Cc6c(c(OCCO)cc(c6[C@H]4[C@H]2O)O3)-c2ccc(O)cc25)c(O)c(OC)c1O. The number of phenolic OH excluding ortho intramolecular Hbond substituents is 3. The van der Waals surface area contributed by atoms with Gasteiger partial charge in [0.05, 0.1) is 20.8 Å². The van der Waals surface area contributed by atoms with Gasteiger partial charge in [-0.2, -0.15) is 0 Å². The quantitative estimate of drug-likeness (QED) is 0.180. The van der Waals surface area contributed by atoms with Crippen LogP contribution in [0.3, 0.4) is 0 Å². The Bertz CT molecular complexity index is 1680. The second kappa shape index (κ2) is 12.7. The molecule has 0 spiro atoms. The van der Waals surface area contributed by atoms with Gasteiger partial charge in [-0.1, -0.05) is 41.0 Å². The van der Waals surface area contributed by atoms with Crippen LogP contribution in [0.5, 0.6) is 40.2 Å². The maximum absolute atomic E-state index is 12.6. The van der Waals surface area contributed by atoms with E-state index in [1.807, 2.05) is 39.8 Å². The fourth-order valence-corrected chi connectivity index (χ4v) is 11.4. The maximum atomic E-state index is 12.6. The van der Waals surface area contributed by atoms with Gasteiger partial charge in [-0.15, -0.1) is 0 Å². The third-order valence-electron chi connectivity index (χ3n) is 10.6. The van der Waals surface area contributed by atoms with Crippen LogP contribution in [0.15, 0.2) is 30.3 Å². The number of rotatable bonds is 6. The van der Waals surface area contributed by atoms with Crippen molar-refractivity contribution >= 4 is 21.6 Å². The fourth-order valence-electron chi connectivity index (χ4n) is 8.24. The minimum atomic E-state index is -1.37. The van der Waals surface area contributed by atoms with Crippen LogP contribution in [-0.2, 0) is 12.0 Å². The minimum Gasteiger partial charge on any atom is -0.508 e. The number of aliphatic hydroxyl groups excluding tert-OH is 2. The number of methoxy groups -OCH3 is 2. The van der Waals surface area contributed by atoms with Crippen LogP contribution in [0, 0.1) is 5.92 Å². The van der Waals surface area contributed by atoms with Gasteiger partial charge in [0.25, 0.3) is 0 Å². The Labute approximate surface area is 282 Å². The van der Waals surface area contributed by atoms with Gasteiger partial charge in [-0.3, -0.25) is 0 Å². The van der Waals surface area contributed by atoms with Crippen LogP contribution in [-0.4, -0.2) is 70.1 Å². The molecule has 4 bridgehead atoms. The molecule has 4 aliphatic rings. The molecule has 2 aliphatic carbocycles. The topological polar surface area (TPSA) is 138 Å². The van der Waals surface area contributed by atoms with Crippen LogP contribution in [0.2, 0.25) is 0 Å². The predicted molar refractivity (Wildman–Crippen MR) is 183 cm³/mol. The average molecular weight is 683 g/mol. The molecule has 0 saturated heterocycles. The monoisotopic (exact) mass is 682 g/mol. The molecule has 2 aliphatic heterocycles. The standard InChI is InChI=1S/C36H42O9S2/c1-18-4-5-19-14-23-29(21-7-6-20(38)15-22(19)21)25(44-12-11-37)17-26-30(23)31-28(47-46-13-9-18)8-10-36(45-26,35(31)41)24-16-27(42-2)33(40)34(43-3)32(24)39/h6-7,15-19,28,31,35,37-41H,4-5,8-14H2,1-3H3/t18-,19-,28-,31-,35+,36-/m0/s1. The first-order chi connectivity index (χ1) is 22.7. The lowest BCUT2D eigenvalue weighted by molar-refractivity contribution is -0.112. The molecule has 0 radical (unpaired) electrons. The molecule has 0 aromatic heterocycles. The van der Waals surface area contributed by atoms with Crippen molar-refractivity contribution in [3.05, 3.63) is 52.6 Å². The van der Waals surface area contributed by atoms with Crippen LogP contribution >= 0.6 is 21.6 Å². The second-order valence-electron chi connectivity index (χ2n) is 13.2. The highest BCUT2D eigenvalue weighted by Gasteiger charge is 2.59. The van der Waals surface area contributed by atoms with E-state index in [0.717, 1.165) is 52.8 Å². The van der Waals surface area contributed by atoms with E-state index in [4.69, 9.17) is 18.9 Å². The van der Waals surface area contributed by atoms with Crippen molar-refractivity contribution in [2.24, 2.45) is 5.92 Å². The zero-order valence-electron chi connectivity index (χ0n) is 26.8. The van der Waals surface area contributed by atoms with Gasteiger partial charge in [-0.25, -0.2) is 0 Å². The normalized spacial score (nSPS) is 27.8. The van der Waals surface area contributed by atoms with Crippen LogP contribution in [0.4, 0.5) is 0 Å². The first kappa shape index (κ1) is 32.4. The van der Waals surface area contributed by atoms with Gasteiger partial charge in [0.1, 0.15) is 30.0 Å². The number of benzene rings is 3. The molecule has 0 amide bonds. The number of fused-ring (bicyclic) bond motifs is 5. The molecule has 9 nitrogen and oxygen atoms in total. The molecule has 6 atom stereocenters. The molecular weight excluding hydrogens is 641 g/mol. The van der Waals surface area contributed by atoms with Crippen molar-refractivity contribution in [1.29, 1.82) is 0 Å². The van der Waals surface area contributed by atoms with Gasteiger partial charge in [0, 0.05) is 39.7 Å². The maximum Gasteiger partial charge on any atom is 0.207 e. The Kier molecular flexibility index (Phi) is 8.78. The Morgan fingerprint density at radius 2 is 1.81 bits per heavy atom. The lowest BCUT2D eigenvalue weighted by atomic mass is 9.64. The predicted octanol–water partition coefficient (Wildman–Crippen LogP) is 6.59. The molecule has 2 heterocycles. The summed E-state index contributed by atoms with van der Waals surface area (Å²) in [7, 11) is 6.46. The Hall–Kier alpha value is -3.12. The van der Waals surface area contributed by atoms with Crippen molar-refractivity contribution in [3.8, 4) is 51.4 Å². The highest BCUT2D eigenvalue weighted by molar-refractivity contribution is 8.76. The van der Waals surface area contributed by atoms with Crippen molar-refractivity contribution in [3.63, 3.8) is 0 Å².